The summed E-state index contributed by atoms with van der Waals surface area (Å²) in [6.07, 6.45) is 1.47. The maximum Gasteiger partial charge on any atom is 0.130 e. The molecule has 3 heteroatoms. The average molecular weight is 591 g/mol. The zero-order valence-corrected chi connectivity index (χ0v) is 25.5. The lowest BCUT2D eigenvalue weighted by Gasteiger charge is -2.17. The molecule has 3 nitrogen and oxygen atoms in total. The van der Waals surface area contributed by atoms with Gasteiger partial charge in [0.05, 0.1) is 26.4 Å². The molecule has 0 aromatic heterocycles. The van der Waals surface area contributed by atoms with Crippen LogP contribution in [-0.2, 0) is 35.5 Å². The van der Waals surface area contributed by atoms with E-state index in [9.17, 15) is 0 Å². The smallest absolute Gasteiger partial charge is 0.130 e. The molecule has 0 N–H and O–H groups in total. The molecule has 6 rings (SSSR count). The van der Waals surface area contributed by atoms with Gasteiger partial charge in [-0.05, 0) is 81.6 Å². The molecule has 0 aliphatic carbocycles. The molecule has 0 fully saturated rings. The highest BCUT2D eigenvalue weighted by Crippen LogP contribution is 2.34. The van der Waals surface area contributed by atoms with Crippen LogP contribution in [0.15, 0.2) is 158 Å². The second-order valence-corrected chi connectivity index (χ2v) is 11.1. The van der Waals surface area contributed by atoms with Crippen LogP contribution in [0.3, 0.4) is 0 Å². The minimum Gasteiger partial charge on any atom is -0.457 e. The molecule has 0 spiro atoms. The predicted octanol–water partition coefficient (Wildman–Crippen LogP) is 10.3. The van der Waals surface area contributed by atoms with Gasteiger partial charge in [-0.2, -0.15) is 0 Å². The van der Waals surface area contributed by atoms with E-state index in [2.05, 4.69) is 109 Å². The van der Waals surface area contributed by atoms with Crippen molar-refractivity contribution in [1.29, 1.82) is 0 Å². The first-order valence-electron chi connectivity index (χ1n) is 15.6. The van der Waals surface area contributed by atoms with Gasteiger partial charge in [-0.3, -0.25) is 0 Å². The molecule has 0 bridgehead atoms. The third-order valence-corrected chi connectivity index (χ3v) is 7.81. The maximum atomic E-state index is 6.74. The minimum absolute atomic E-state index is 0.587. The summed E-state index contributed by atoms with van der Waals surface area (Å²) in [5.41, 5.74) is 9.25. The van der Waals surface area contributed by atoms with Crippen molar-refractivity contribution in [3.8, 4) is 33.8 Å². The predicted molar refractivity (Wildman–Crippen MR) is 183 cm³/mol. The molecule has 45 heavy (non-hydrogen) atoms. The maximum absolute atomic E-state index is 6.74. The summed E-state index contributed by atoms with van der Waals surface area (Å²) < 4.78 is 18.9. The Balaban J connectivity index is 1.23. The van der Waals surface area contributed by atoms with Crippen LogP contribution in [0.1, 0.15) is 22.3 Å². The normalized spacial score (nSPS) is 10.9. The lowest BCUT2D eigenvalue weighted by molar-refractivity contribution is 0.123. The van der Waals surface area contributed by atoms with E-state index in [1.54, 1.807) is 0 Å². The molecular weight excluding hydrogens is 552 g/mol. The summed E-state index contributed by atoms with van der Waals surface area (Å²) in [7, 11) is 0. The van der Waals surface area contributed by atoms with Gasteiger partial charge in [-0.15, -0.1) is 0 Å². The van der Waals surface area contributed by atoms with E-state index in [0.29, 0.717) is 26.4 Å². The minimum atomic E-state index is 0.587. The van der Waals surface area contributed by atoms with Crippen molar-refractivity contribution in [2.45, 2.75) is 26.1 Å². The van der Waals surface area contributed by atoms with Crippen molar-refractivity contribution in [2.75, 3.05) is 13.2 Å². The highest BCUT2D eigenvalue weighted by Gasteiger charge is 2.13. The fourth-order valence-electron chi connectivity index (χ4n) is 5.38. The number of hydrogen-bond acceptors (Lipinski definition) is 3. The first kappa shape index (κ1) is 30.1. The molecule has 0 aliphatic heterocycles. The molecule has 0 aliphatic rings. The van der Waals surface area contributed by atoms with Gasteiger partial charge in [0, 0.05) is 0 Å². The van der Waals surface area contributed by atoms with Crippen molar-refractivity contribution >= 4 is 0 Å². The zero-order valence-electron chi connectivity index (χ0n) is 25.5. The number of benzene rings is 6. The summed E-state index contributed by atoms with van der Waals surface area (Å²) in [4.78, 5) is 0. The molecule has 0 saturated carbocycles. The lowest BCUT2D eigenvalue weighted by Crippen LogP contribution is -2.04. The monoisotopic (exact) mass is 590 g/mol. The quantitative estimate of drug-likeness (QED) is 0.118. The molecule has 224 valence electrons. The fourth-order valence-corrected chi connectivity index (χ4v) is 5.38. The van der Waals surface area contributed by atoms with Crippen LogP contribution in [0.4, 0.5) is 0 Å². The number of rotatable bonds is 14. The Morgan fingerprint density at radius 3 is 1.13 bits per heavy atom. The molecule has 0 amide bonds. The van der Waals surface area contributed by atoms with Gasteiger partial charge in [-0.1, -0.05) is 133 Å². The Morgan fingerprint density at radius 2 is 0.733 bits per heavy atom. The summed E-state index contributed by atoms with van der Waals surface area (Å²) in [5, 5.41) is 0. The molecule has 0 atom stereocenters. The Morgan fingerprint density at radius 1 is 0.356 bits per heavy atom. The van der Waals surface area contributed by atoms with Crippen LogP contribution in [-0.4, -0.2) is 13.2 Å². The molecule has 6 aromatic carbocycles. The first-order valence-corrected chi connectivity index (χ1v) is 15.6. The van der Waals surface area contributed by atoms with Gasteiger partial charge in [0.1, 0.15) is 11.5 Å². The second kappa shape index (κ2) is 15.7. The van der Waals surface area contributed by atoms with Crippen LogP contribution >= 0.6 is 0 Å². The van der Waals surface area contributed by atoms with Crippen molar-refractivity contribution in [1.82, 2.24) is 0 Å². The van der Waals surface area contributed by atoms with Crippen LogP contribution < -0.4 is 4.74 Å². The van der Waals surface area contributed by atoms with Gasteiger partial charge in [0.15, 0.2) is 0 Å². The van der Waals surface area contributed by atoms with E-state index in [1.807, 2.05) is 48.5 Å². The van der Waals surface area contributed by atoms with Gasteiger partial charge < -0.3 is 14.2 Å². The van der Waals surface area contributed by atoms with E-state index < -0.39 is 0 Å². The summed E-state index contributed by atoms with van der Waals surface area (Å²) in [6, 6.07) is 54.5. The van der Waals surface area contributed by atoms with Crippen molar-refractivity contribution < 1.29 is 14.2 Å². The van der Waals surface area contributed by atoms with Crippen molar-refractivity contribution in [3.63, 3.8) is 0 Å². The Kier molecular flexibility index (Phi) is 10.5. The second-order valence-electron chi connectivity index (χ2n) is 11.1. The summed E-state index contributed by atoms with van der Waals surface area (Å²) in [5.74, 6) is 1.69. The van der Waals surface area contributed by atoms with Crippen LogP contribution in [0, 0.1) is 0 Å². The van der Waals surface area contributed by atoms with Crippen LogP contribution in [0.5, 0.6) is 11.5 Å². The van der Waals surface area contributed by atoms with Gasteiger partial charge in [0.2, 0.25) is 0 Å². The van der Waals surface area contributed by atoms with Crippen molar-refractivity contribution in [2.24, 2.45) is 0 Å². The standard InChI is InChI=1S/C42H38O3/c1-5-13-33(14-6-1)31-43-27-25-39-29-37(35-17-9-3-10-18-35)21-23-41(39)45-42-24-22-38(36-19-11-4-12-20-36)30-40(42)26-28-44-32-34-15-7-2-8-16-34/h1-24,29-30H,25-28,31-32H2. The van der Waals surface area contributed by atoms with Gasteiger partial charge in [0.25, 0.3) is 0 Å². The van der Waals surface area contributed by atoms with E-state index >= 15 is 0 Å². The molecule has 0 radical (unpaired) electrons. The lowest BCUT2D eigenvalue weighted by atomic mass is 10.00. The molecular formula is C42H38O3. The molecule has 0 heterocycles. The number of ether oxygens (including phenoxy) is 3. The highest BCUT2D eigenvalue weighted by molar-refractivity contribution is 5.67. The van der Waals surface area contributed by atoms with E-state index in [-0.39, 0.29) is 0 Å². The Labute approximate surface area is 266 Å². The Hall–Kier alpha value is -4.96. The van der Waals surface area contributed by atoms with Crippen molar-refractivity contribution in [3.05, 3.63) is 180 Å². The topological polar surface area (TPSA) is 27.7 Å². The van der Waals surface area contributed by atoms with Gasteiger partial charge in [-0.25, -0.2) is 0 Å². The largest absolute Gasteiger partial charge is 0.457 e. The van der Waals surface area contributed by atoms with E-state index in [0.717, 1.165) is 46.6 Å². The van der Waals surface area contributed by atoms with Gasteiger partial charge >= 0.3 is 0 Å². The first-order chi connectivity index (χ1) is 22.3. The number of hydrogen-bond donors (Lipinski definition) is 0. The Bertz CT molecular complexity index is 1620. The highest BCUT2D eigenvalue weighted by atomic mass is 16.5. The van der Waals surface area contributed by atoms with E-state index in [1.165, 1.54) is 22.3 Å². The molecule has 0 saturated heterocycles. The molecule has 6 aromatic rings. The zero-order chi connectivity index (χ0) is 30.5. The third-order valence-electron chi connectivity index (χ3n) is 7.81. The molecule has 0 unspecified atom stereocenters. The summed E-state index contributed by atoms with van der Waals surface area (Å²) >= 11 is 0. The SMILES string of the molecule is c1ccc(COCCc2cc(-c3ccccc3)ccc2Oc2ccc(-c3ccccc3)cc2CCOCc2ccccc2)cc1. The third kappa shape index (κ3) is 8.57. The fraction of sp³-hybridized carbons (Fsp3) is 0.143. The summed E-state index contributed by atoms with van der Waals surface area (Å²) in [6.45, 7) is 2.36. The van der Waals surface area contributed by atoms with Crippen LogP contribution in [0.25, 0.3) is 22.3 Å². The van der Waals surface area contributed by atoms with Crippen LogP contribution in [0.2, 0.25) is 0 Å². The average Bonchev–Trinajstić information content (AvgIpc) is 3.11. The van der Waals surface area contributed by atoms with E-state index in [4.69, 9.17) is 14.2 Å².